The van der Waals surface area contributed by atoms with Crippen LogP contribution in [0, 0.1) is 13.8 Å². The molecule has 2 N–H and O–H groups in total. The molecule has 0 bridgehead atoms. The number of aryl methyl sites for hydroxylation is 2. The minimum absolute atomic E-state index is 0.297. The third kappa shape index (κ3) is 2.65. The predicted molar refractivity (Wildman–Crippen MR) is 76.1 cm³/mol. The number of thiocarbonyl (C=S) groups is 1. The highest BCUT2D eigenvalue weighted by Gasteiger charge is 2.13. The van der Waals surface area contributed by atoms with Gasteiger partial charge >= 0.3 is 0 Å². The van der Waals surface area contributed by atoms with Crippen molar-refractivity contribution < 1.29 is 4.74 Å². The molecule has 0 fully saturated rings. The van der Waals surface area contributed by atoms with Gasteiger partial charge in [0.25, 0.3) is 0 Å². The zero-order valence-electron chi connectivity index (χ0n) is 10.3. The van der Waals surface area contributed by atoms with Crippen molar-refractivity contribution in [2.75, 3.05) is 0 Å². The highest BCUT2D eigenvalue weighted by atomic mass is 32.1. The molecule has 0 aliphatic carbocycles. The smallest absolute Gasteiger partial charge is 0.141 e. The number of nitrogens with zero attached hydrogens (tertiary/aromatic N) is 1. The van der Waals surface area contributed by atoms with Crippen LogP contribution in [0.5, 0.6) is 11.5 Å². The SMILES string of the molecule is Cc1cc(Oc2ccccc2)c(C(N)=S)c(C)n1. The fourth-order valence-corrected chi connectivity index (χ4v) is 2.04. The molecule has 0 saturated heterocycles. The van der Waals surface area contributed by atoms with E-state index in [-0.39, 0.29) is 0 Å². The standard InChI is InChI=1S/C14H14N2OS/c1-9-8-12(13(14(15)18)10(2)16-9)17-11-6-4-3-5-7-11/h3-8H,1-2H3,(H2,15,18). The van der Waals surface area contributed by atoms with Crippen LogP contribution in [0.15, 0.2) is 36.4 Å². The molecule has 18 heavy (non-hydrogen) atoms. The summed E-state index contributed by atoms with van der Waals surface area (Å²) in [5.74, 6) is 1.40. The van der Waals surface area contributed by atoms with E-state index in [1.807, 2.05) is 50.2 Å². The molecular formula is C14H14N2OS. The number of hydrogen-bond donors (Lipinski definition) is 1. The number of aromatic nitrogens is 1. The fourth-order valence-electron chi connectivity index (χ4n) is 1.79. The number of rotatable bonds is 3. The first-order chi connectivity index (χ1) is 8.58. The number of ether oxygens (including phenoxy) is 1. The minimum Gasteiger partial charge on any atom is -0.456 e. The maximum absolute atomic E-state index is 5.82. The summed E-state index contributed by atoms with van der Waals surface area (Å²) in [5, 5.41) is 0. The average molecular weight is 258 g/mol. The summed E-state index contributed by atoms with van der Waals surface area (Å²) < 4.78 is 5.82. The summed E-state index contributed by atoms with van der Waals surface area (Å²) in [6.45, 7) is 3.79. The molecule has 0 saturated carbocycles. The molecule has 3 nitrogen and oxygen atoms in total. The van der Waals surface area contributed by atoms with Crippen LogP contribution in [0.3, 0.4) is 0 Å². The molecule has 1 aromatic carbocycles. The molecule has 1 aromatic heterocycles. The van der Waals surface area contributed by atoms with E-state index in [1.165, 1.54) is 0 Å². The van der Waals surface area contributed by atoms with Gasteiger partial charge in [-0.2, -0.15) is 0 Å². The van der Waals surface area contributed by atoms with Crippen molar-refractivity contribution in [2.24, 2.45) is 5.73 Å². The van der Waals surface area contributed by atoms with Crippen molar-refractivity contribution in [3.63, 3.8) is 0 Å². The van der Waals surface area contributed by atoms with Gasteiger partial charge in [-0.1, -0.05) is 30.4 Å². The molecule has 0 atom stereocenters. The van der Waals surface area contributed by atoms with E-state index in [0.717, 1.165) is 17.1 Å². The predicted octanol–water partition coefficient (Wildman–Crippen LogP) is 3.12. The Morgan fingerprint density at radius 2 is 1.89 bits per heavy atom. The van der Waals surface area contributed by atoms with E-state index in [9.17, 15) is 0 Å². The summed E-state index contributed by atoms with van der Waals surface area (Å²) in [7, 11) is 0. The molecular weight excluding hydrogens is 244 g/mol. The van der Waals surface area contributed by atoms with Gasteiger partial charge in [0.1, 0.15) is 16.5 Å². The van der Waals surface area contributed by atoms with Gasteiger partial charge in [-0.3, -0.25) is 4.98 Å². The number of para-hydroxylation sites is 1. The molecule has 4 heteroatoms. The molecule has 92 valence electrons. The van der Waals surface area contributed by atoms with Crippen LogP contribution in [0.4, 0.5) is 0 Å². The number of nitrogens with two attached hydrogens (primary N) is 1. The van der Waals surface area contributed by atoms with E-state index < -0.39 is 0 Å². The third-order valence-electron chi connectivity index (χ3n) is 2.51. The second-order valence-corrected chi connectivity index (χ2v) is 4.44. The molecule has 2 aromatic rings. The van der Waals surface area contributed by atoms with E-state index in [1.54, 1.807) is 0 Å². The zero-order valence-corrected chi connectivity index (χ0v) is 11.1. The Kier molecular flexibility index (Phi) is 3.58. The Bertz CT molecular complexity index is 582. The quantitative estimate of drug-likeness (QED) is 0.859. The molecule has 0 radical (unpaired) electrons. The molecule has 2 rings (SSSR count). The Morgan fingerprint density at radius 1 is 1.22 bits per heavy atom. The molecule has 1 heterocycles. The molecule has 0 spiro atoms. The molecule has 0 unspecified atom stereocenters. The molecule has 0 aliphatic rings. The monoisotopic (exact) mass is 258 g/mol. The summed E-state index contributed by atoms with van der Waals surface area (Å²) in [5.41, 5.74) is 8.08. The lowest BCUT2D eigenvalue weighted by Crippen LogP contribution is -2.14. The van der Waals surface area contributed by atoms with Crippen LogP contribution in [-0.4, -0.2) is 9.97 Å². The second-order valence-electron chi connectivity index (χ2n) is 4.00. The first kappa shape index (κ1) is 12.5. The van der Waals surface area contributed by atoms with Gasteiger partial charge in [-0.05, 0) is 26.0 Å². The Morgan fingerprint density at radius 3 is 2.50 bits per heavy atom. The number of hydrogen-bond acceptors (Lipinski definition) is 3. The molecule has 0 amide bonds. The lowest BCUT2D eigenvalue weighted by atomic mass is 10.1. The lowest BCUT2D eigenvalue weighted by molar-refractivity contribution is 0.480. The highest BCUT2D eigenvalue weighted by molar-refractivity contribution is 7.80. The summed E-state index contributed by atoms with van der Waals surface area (Å²) in [6, 6.07) is 11.4. The lowest BCUT2D eigenvalue weighted by Gasteiger charge is -2.13. The van der Waals surface area contributed by atoms with Crippen molar-refractivity contribution in [2.45, 2.75) is 13.8 Å². The normalized spacial score (nSPS) is 10.1. The van der Waals surface area contributed by atoms with Gasteiger partial charge in [0, 0.05) is 11.8 Å². The number of benzene rings is 1. The fraction of sp³-hybridized carbons (Fsp3) is 0.143. The Labute approximate surface area is 112 Å². The van der Waals surface area contributed by atoms with Gasteiger partial charge in [0.15, 0.2) is 0 Å². The van der Waals surface area contributed by atoms with E-state index in [2.05, 4.69) is 4.98 Å². The third-order valence-corrected chi connectivity index (χ3v) is 2.71. The largest absolute Gasteiger partial charge is 0.456 e. The van der Waals surface area contributed by atoms with E-state index in [0.29, 0.717) is 16.3 Å². The van der Waals surface area contributed by atoms with Gasteiger partial charge in [0.05, 0.1) is 11.3 Å². The first-order valence-electron chi connectivity index (χ1n) is 5.59. The van der Waals surface area contributed by atoms with Crippen molar-refractivity contribution in [1.29, 1.82) is 0 Å². The van der Waals surface area contributed by atoms with E-state index >= 15 is 0 Å². The summed E-state index contributed by atoms with van der Waals surface area (Å²) in [6.07, 6.45) is 0. The van der Waals surface area contributed by atoms with E-state index in [4.69, 9.17) is 22.7 Å². The number of pyridine rings is 1. The maximum atomic E-state index is 5.82. The zero-order chi connectivity index (χ0) is 13.1. The van der Waals surface area contributed by atoms with Crippen LogP contribution in [0.25, 0.3) is 0 Å². The van der Waals surface area contributed by atoms with Gasteiger partial charge in [0.2, 0.25) is 0 Å². The van der Waals surface area contributed by atoms with Crippen LogP contribution in [0.2, 0.25) is 0 Å². The second kappa shape index (κ2) is 5.14. The van der Waals surface area contributed by atoms with Crippen molar-refractivity contribution in [3.05, 3.63) is 53.3 Å². The van der Waals surface area contributed by atoms with Gasteiger partial charge in [-0.15, -0.1) is 0 Å². The Balaban J connectivity index is 2.46. The summed E-state index contributed by atoms with van der Waals surface area (Å²) >= 11 is 5.05. The van der Waals surface area contributed by atoms with Gasteiger partial charge < -0.3 is 10.5 Å². The minimum atomic E-state index is 0.297. The topological polar surface area (TPSA) is 48.1 Å². The van der Waals surface area contributed by atoms with Crippen LogP contribution >= 0.6 is 12.2 Å². The van der Waals surface area contributed by atoms with Crippen LogP contribution in [0.1, 0.15) is 17.0 Å². The van der Waals surface area contributed by atoms with Crippen LogP contribution < -0.4 is 10.5 Å². The maximum Gasteiger partial charge on any atom is 0.141 e. The Hall–Kier alpha value is -1.94. The summed E-state index contributed by atoms with van der Waals surface area (Å²) in [4.78, 5) is 4.65. The van der Waals surface area contributed by atoms with Gasteiger partial charge in [-0.25, -0.2) is 0 Å². The van der Waals surface area contributed by atoms with Crippen molar-refractivity contribution >= 4 is 17.2 Å². The van der Waals surface area contributed by atoms with Crippen LogP contribution in [-0.2, 0) is 0 Å². The highest BCUT2D eigenvalue weighted by Crippen LogP contribution is 2.27. The molecule has 0 aliphatic heterocycles. The average Bonchev–Trinajstić information content (AvgIpc) is 2.28. The first-order valence-corrected chi connectivity index (χ1v) is 5.99. The van der Waals surface area contributed by atoms with Crippen molar-refractivity contribution in [3.8, 4) is 11.5 Å². The van der Waals surface area contributed by atoms with Crippen molar-refractivity contribution in [1.82, 2.24) is 4.98 Å².